The van der Waals surface area contributed by atoms with Gasteiger partial charge < -0.3 is 24.4 Å². The van der Waals surface area contributed by atoms with E-state index in [-0.39, 0.29) is 17.8 Å². The summed E-state index contributed by atoms with van der Waals surface area (Å²) < 4.78 is 21.3. The number of imidazole rings is 1. The summed E-state index contributed by atoms with van der Waals surface area (Å²) in [5.74, 6) is 0.369. The maximum atomic E-state index is 13.0. The number of nitrogens with zero attached hydrogens (tertiary/aromatic N) is 4. The number of urea groups is 1. The summed E-state index contributed by atoms with van der Waals surface area (Å²) in [7, 11) is 3.42. The molecule has 2 aliphatic rings. The van der Waals surface area contributed by atoms with E-state index in [1.54, 1.807) is 25.2 Å². The van der Waals surface area contributed by atoms with E-state index in [4.69, 9.17) is 4.74 Å². The molecule has 4 rings (SSSR count). The van der Waals surface area contributed by atoms with E-state index in [2.05, 4.69) is 10.3 Å². The van der Waals surface area contributed by atoms with E-state index in [9.17, 15) is 14.0 Å². The molecule has 1 atom stereocenters. The second kappa shape index (κ2) is 7.47. The van der Waals surface area contributed by atoms with Crippen LogP contribution < -0.4 is 5.32 Å². The molecule has 0 radical (unpaired) electrons. The molecule has 154 valence electrons. The lowest BCUT2D eigenvalue weighted by Crippen LogP contribution is -2.55. The molecular weight excluding hydrogens is 377 g/mol. The van der Waals surface area contributed by atoms with Gasteiger partial charge >= 0.3 is 6.03 Å². The highest BCUT2D eigenvalue weighted by Crippen LogP contribution is 2.40. The van der Waals surface area contributed by atoms with Crippen molar-refractivity contribution in [2.45, 2.75) is 31.1 Å². The van der Waals surface area contributed by atoms with Gasteiger partial charge in [0.15, 0.2) is 6.10 Å². The first-order chi connectivity index (χ1) is 13.9. The standard InChI is InChI=1S/C20H24FN5O3/c1-24(2)17(27)16-13-26-12-9-22-18(26)20(29-16)7-10-25(11-8-20)19(28)23-15-5-3-14(21)4-6-15/h3-6,9,12,16H,7-8,10-11,13H2,1-2H3,(H,23,28)/t16-/m0/s1. The Morgan fingerprint density at radius 1 is 1.24 bits per heavy atom. The fourth-order valence-corrected chi connectivity index (χ4v) is 3.96. The van der Waals surface area contributed by atoms with Crippen LogP contribution >= 0.6 is 0 Å². The molecule has 0 unspecified atom stereocenters. The molecule has 0 aliphatic carbocycles. The van der Waals surface area contributed by atoms with Gasteiger partial charge in [-0.1, -0.05) is 0 Å². The number of anilines is 1. The van der Waals surface area contributed by atoms with Crippen LogP contribution in [0.15, 0.2) is 36.7 Å². The summed E-state index contributed by atoms with van der Waals surface area (Å²) >= 11 is 0. The van der Waals surface area contributed by atoms with Crippen LogP contribution in [0, 0.1) is 5.82 Å². The van der Waals surface area contributed by atoms with E-state index in [0.29, 0.717) is 38.2 Å². The number of likely N-dealkylation sites (N-methyl/N-ethyl adjacent to an activating group) is 1. The Labute approximate surface area is 168 Å². The predicted molar refractivity (Wildman–Crippen MR) is 104 cm³/mol. The zero-order valence-corrected chi connectivity index (χ0v) is 16.5. The van der Waals surface area contributed by atoms with Gasteiger partial charge in [-0.05, 0) is 24.3 Å². The highest BCUT2D eigenvalue weighted by molar-refractivity contribution is 5.89. The van der Waals surface area contributed by atoms with Crippen molar-refractivity contribution in [2.75, 3.05) is 32.5 Å². The number of hydrogen-bond acceptors (Lipinski definition) is 4. The molecule has 3 heterocycles. The quantitative estimate of drug-likeness (QED) is 0.835. The Kier molecular flexibility index (Phi) is 4.99. The molecule has 3 amide bonds. The van der Waals surface area contributed by atoms with Crippen LogP contribution in [0.1, 0.15) is 18.7 Å². The predicted octanol–water partition coefficient (Wildman–Crippen LogP) is 2.03. The lowest BCUT2D eigenvalue weighted by Gasteiger charge is -2.45. The van der Waals surface area contributed by atoms with Gasteiger partial charge in [-0.25, -0.2) is 14.2 Å². The first-order valence-electron chi connectivity index (χ1n) is 9.60. The number of halogens is 1. The second-order valence-electron chi connectivity index (χ2n) is 7.66. The SMILES string of the molecule is CN(C)C(=O)[C@@H]1Cn2ccnc2C2(CCN(C(=O)Nc3ccc(F)cc3)CC2)O1. The molecule has 1 aromatic heterocycles. The molecule has 2 aliphatic heterocycles. The lowest BCUT2D eigenvalue weighted by molar-refractivity contribution is -0.177. The van der Waals surface area contributed by atoms with E-state index in [0.717, 1.165) is 5.82 Å². The van der Waals surface area contributed by atoms with Gasteiger partial charge in [0.25, 0.3) is 5.91 Å². The molecule has 1 aromatic carbocycles. The Balaban J connectivity index is 1.46. The van der Waals surface area contributed by atoms with Crippen molar-refractivity contribution in [3.8, 4) is 0 Å². The third-order valence-electron chi connectivity index (χ3n) is 5.52. The number of piperidine rings is 1. The maximum Gasteiger partial charge on any atom is 0.321 e. The zero-order chi connectivity index (χ0) is 20.6. The number of benzene rings is 1. The number of likely N-dealkylation sites (tertiary alicyclic amines) is 1. The summed E-state index contributed by atoms with van der Waals surface area (Å²) in [5.41, 5.74) is -0.150. The summed E-state index contributed by atoms with van der Waals surface area (Å²) in [6, 6.07) is 5.41. The highest BCUT2D eigenvalue weighted by Gasteiger charge is 2.47. The molecule has 1 N–H and O–H groups in total. The molecule has 0 bridgehead atoms. The topological polar surface area (TPSA) is 79.7 Å². The molecular formula is C20H24FN5O3. The monoisotopic (exact) mass is 401 g/mol. The third kappa shape index (κ3) is 3.69. The highest BCUT2D eigenvalue weighted by atomic mass is 19.1. The zero-order valence-electron chi connectivity index (χ0n) is 16.5. The van der Waals surface area contributed by atoms with Crippen molar-refractivity contribution >= 4 is 17.6 Å². The van der Waals surface area contributed by atoms with Crippen molar-refractivity contribution in [3.63, 3.8) is 0 Å². The average Bonchev–Trinajstić information content (AvgIpc) is 3.19. The average molecular weight is 401 g/mol. The Morgan fingerprint density at radius 2 is 1.93 bits per heavy atom. The second-order valence-corrected chi connectivity index (χ2v) is 7.66. The first kappa shape index (κ1) is 19.4. The Morgan fingerprint density at radius 3 is 2.59 bits per heavy atom. The minimum absolute atomic E-state index is 0.0831. The smallest absolute Gasteiger partial charge is 0.321 e. The Hall–Kier alpha value is -2.94. The van der Waals surface area contributed by atoms with Gasteiger partial charge in [-0.2, -0.15) is 0 Å². The Bertz CT molecular complexity index is 903. The van der Waals surface area contributed by atoms with E-state index < -0.39 is 11.7 Å². The van der Waals surface area contributed by atoms with Crippen LogP contribution in [-0.2, 0) is 21.7 Å². The minimum Gasteiger partial charge on any atom is -0.352 e. The molecule has 8 nitrogen and oxygen atoms in total. The molecule has 1 spiro atoms. The number of amides is 3. The van der Waals surface area contributed by atoms with Crippen molar-refractivity contribution < 1.29 is 18.7 Å². The van der Waals surface area contributed by atoms with Crippen LogP contribution in [-0.4, -0.2) is 64.6 Å². The number of carbonyl (C=O) groups is 2. The lowest BCUT2D eigenvalue weighted by atomic mass is 9.88. The molecule has 1 fully saturated rings. The van der Waals surface area contributed by atoms with Gasteiger partial charge in [0.1, 0.15) is 17.2 Å². The summed E-state index contributed by atoms with van der Waals surface area (Å²) in [5, 5.41) is 2.78. The van der Waals surface area contributed by atoms with Crippen molar-refractivity contribution in [2.24, 2.45) is 0 Å². The number of aromatic nitrogens is 2. The van der Waals surface area contributed by atoms with Gasteiger partial charge in [-0.3, -0.25) is 4.79 Å². The van der Waals surface area contributed by atoms with Gasteiger partial charge in [-0.15, -0.1) is 0 Å². The van der Waals surface area contributed by atoms with E-state index in [1.165, 1.54) is 29.2 Å². The van der Waals surface area contributed by atoms with Crippen LogP contribution in [0.5, 0.6) is 0 Å². The molecule has 2 aromatic rings. The first-order valence-corrected chi connectivity index (χ1v) is 9.60. The number of carbonyl (C=O) groups excluding carboxylic acids is 2. The molecule has 29 heavy (non-hydrogen) atoms. The van der Waals surface area contributed by atoms with Gasteiger partial charge in [0, 0.05) is 58.1 Å². The fourth-order valence-electron chi connectivity index (χ4n) is 3.96. The van der Waals surface area contributed by atoms with E-state index >= 15 is 0 Å². The number of rotatable bonds is 2. The number of fused-ring (bicyclic) bond motifs is 2. The van der Waals surface area contributed by atoms with Crippen LogP contribution in [0.2, 0.25) is 0 Å². The summed E-state index contributed by atoms with van der Waals surface area (Å²) in [6.45, 7) is 1.36. The normalized spacial score (nSPS) is 20.2. The summed E-state index contributed by atoms with van der Waals surface area (Å²) in [6.07, 6.45) is 4.09. The number of ether oxygens (including phenoxy) is 1. The van der Waals surface area contributed by atoms with Gasteiger partial charge in [0.2, 0.25) is 0 Å². The molecule has 9 heteroatoms. The van der Waals surface area contributed by atoms with Crippen LogP contribution in [0.3, 0.4) is 0 Å². The number of nitrogens with one attached hydrogen (secondary N) is 1. The fraction of sp³-hybridized carbons (Fsp3) is 0.450. The molecule has 0 saturated carbocycles. The van der Waals surface area contributed by atoms with Crippen molar-refractivity contribution in [3.05, 3.63) is 48.3 Å². The van der Waals surface area contributed by atoms with Gasteiger partial charge in [0.05, 0.1) is 6.54 Å². The summed E-state index contributed by atoms with van der Waals surface area (Å²) in [4.78, 5) is 32.8. The largest absolute Gasteiger partial charge is 0.352 e. The van der Waals surface area contributed by atoms with E-state index in [1.807, 2.05) is 10.8 Å². The van der Waals surface area contributed by atoms with Crippen molar-refractivity contribution in [1.29, 1.82) is 0 Å². The van der Waals surface area contributed by atoms with Crippen LogP contribution in [0.25, 0.3) is 0 Å². The van der Waals surface area contributed by atoms with Crippen LogP contribution in [0.4, 0.5) is 14.9 Å². The number of hydrogen-bond donors (Lipinski definition) is 1. The minimum atomic E-state index is -0.690. The van der Waals surface area contributed by atoms with Crippen molar-refractivity contribution in [1.82, 2.24) is 19.4 Å². The maximum absolute atomic E-state index is 13.0. The third-order valence-corrected chi connectivity index (χ3v) is 5.52. The molecule has 1 saturated heterocycles.